The van der Waals surface area contributed by atoms with Crippen LogP contribution in [0.25, 0.3) is 0 Å². The number of benzene rings is 1. The molecule has 1 aromatic carbocycles. The summed E-state index contributed by atoms with van der Waals surface area (Å²) in [5.74, 6) is -0.298. The van der Waals surface area contributed by atoms with E-state index in [0.29, 0.717) is 25.3 Å². The van der Waals surface area contributed by atoms with Crippen LogP contribution in [-0.4, -0.2) is 49.2 Å². The van der Waals surface area contributed by atoms with E-state index in [0.717, 1.165) is 18.0 Å². The van der Waals surface area contributed by atoms with Gasteiger partial charge >= 0.3 is 5.51 Å². The van der Waals surface area contributed by atoms with E-state index in [-0.39, 0.29) is 28.6 Å². The van der Waals surface area contributed by atoms with Gasteiger partial charge in [0, 0.05) is 35.0 Å². The van der Waals surface area contributed by atoms with Crippen molar-refractivity contribution in [3.05, 3.63) is 52.2 Å². The summed E-state index contributed by atoms with van der Waals surface area (Å²) in [5.41, 5.74) is -4.00. The monoisotopic (exact) mass is 416 g/mol. The number of hydrogen-bond donors (Lipinski definition) is 1. The summed E-state index contributed by atoms with van der Waals surface area (Å²) in [6, 6.07) is 9.53. The number of rotatable bonds is 6. The van der Waals surface area contributed by atoms with Crippen molar-refractivity contribution in [1.29, 1.82) is 0 Å². The second kappa shape index (κ2) is 9.09. The maximum atomic E-state index is 12.4. The van der Waals surface area contributed by atoms with Crippen molar-refractivity contribution in [2.75, 3.05) is 32.8 Å². The van der Waals surface area contributed by atoms with Crippen molar-refractivity contribution in [3.8, 4) is 0 Å². The topological polar surface area (TPSA) is 41.6 Å². The molecule has 0 aliphatic carbocycles. The van der Waals surface area contributed by atoms with Gasteiger partial charge < -0.3 is 10.1 Å². The summed E-state index contributed by atoms with van der Waals surface area (Å²) >= 11 is 1.44. The Hall–Kier alpha value is -1.55. The predicted molar refractivity (Wildman–Crippen MR) is 100 cm³/mol. The molecule has 1 aromatic heterocycles. The zero-order valence-electron chi connectivity index (χ0n) is 14.4. The Kier molecular flexibility index (Phi) is 6.80. The van der Waals surface area contributed by atoms with Crippen molar-refractivity contribution in [2.45, 2.75) is 16.4 Å². The van der Waals surface area contributed by atoms with Gasteiger partial charge in [-0.3, -0.25) is 9.69 Å². The summed E-state index contributed by atoms with van der Waals surface area (Å²) in [6.07, 6.45) is 0. The van der Waals surface area contributed by atoms with Crippen LogP contribution in [-0.2, 0) is 4.74 Å². The van der Waals surface area contributed by atoms with Crippen molar-refractivity contribution in [3.63, 3.8) is 0 Å². The minimum atomic E-state index is -4.34. The zero-order valence-corrected chi connectivity index (χ0v) is 16.0. The highest BCUT2D eigenvalue weighted by molar-refractivity contribution is 8.00. The van der Waals surface area contributed by atoms with Crippen LogP contribution in [0.4, 0.5) is 13.2 Å². The molecule has 0 spiro atoms. The van der Waals surface area contributed by atoms with E-state index in [4.69, 9.17) is 4.74 Å². The smallest absolute Gasteiger partial charge is 0.379 e. The molecule has 27 heavy (non-hydrogen) atoms. The molecular formula is C18H19F3N2O2S2. The molecule has 0 saturated carbocycles. The minimum absolute atomic E-state index is 0.0536. The van der Waals surface area contributed by atoms with Gasteiger partial charge in [-0.25, -0.2) is 0 Å². The standard InChI is InChI=1S/C18H19F3N2O2S2/c19-18(20,21)27-14-5-3-13(4-6-14)17(24)22-12-15(16-2-1-11-26-16)23-7-9-25-10-8-23/h1-6,11,15H,7-10,12H2,(H,22,24). The Morgan fingerprint density at radius 2 is 1.93 bits per heavy atom. The number of halogens is 3. The van der Waals surface area contributed by atoms with Crippen molar-refractivity contribution in [2.24, 2.45) is 0 Å². The van der Waals surface area contributed by atoms with Gasteiger partial charge in [-0.1, -0.05) is 6.07 Å². The molecule has 1 atom stereocenters. The molecule has 0 radical (unpaired) electrons. The van der Waals surface area contributed by atoms with Gasteiger partial charge in [0.05, 0.1) is 19.3 Å². The van der Waals surface area contributed by atoms with E-state index in [2.05, 4.69) is 10.2 Å². The van der Waals surface area contributed by atoms with E-state index in [9.17, 15) is 18.0 Å². The number of ether oxygens (including phenoxy) is 1. The average Bonchev–Trinajstić information content (AvgIpc) is 3.16. The third-order valence-electron chi connectivity index (χ3n) is 4.16. The van der Waals surface area contributed by atoms with Crippen molar-refractivity contribution in [1.82, 2.24) is 10.2 Å². The van der Waals surface area contributed by atoms with Crippen LogP contribution in [0.5, 0.6) is 0 Å². The highest BCUT2D eigenvalue weighted by Crippen LogP contribution is 2.36. The normalized spacial score (nSPS) is 16.9. The molecule has 1 N–H and O–H groups in total. The highest BCUT2D eigenvalue weighted by atomic mass is 32.2. The number of thioether (sulfide) groups is 1. The molecule has 1 fully saturated rings. The molecule has 1 amide bonds. The largest absolute Gasteiger partial charge is 0.446 e. The van der Waals surface area contributed by atoms with Crippen LogP contribution in [0.1, 0.15) is 21.3 Å². The first-order chi connectivity index (χ1) is 12.9. The number of nitrogens with zero attached hydrogens (tertiary/aromatic N) is 1. The predicted octanol–water partition coefficient (Wildman–Crippen LogP) is 4.16. The first kappa shape index (κ1) is 20.2. The van der Waals surface area contributed by atoms with Gasteiger partial charge in [0.2, 0.25) is 0 Å². The van der Waals surface area contributed by atoms with Gasteiger partial charge in [0.25, 0.3) is 5.91 Å². The maximum absolute atomic E-state index is 12.4. The summed E-state index contributed by atoms with van der Waals surface area (Å²) < 4.78 is 42.6. The molecule has 146 valence electrons. The van der Waals surface area contributed by atoms with Gasteiger partial charge in [-0.15, -0.1) is 11.3 Å². The van der Waals surface area contributed by atoms with Crippen LogP contribution in [0, 0.1) is 0 Å². The molecular weight excluding hydrogens is 397 g/mol. The van der Waals surface area contributed by atoms with Gasteiger partial charge in [0.1, 0.15) is 0 Å². The van der Waals surface area contributed by atoms with Crippen molar-refractivity contribution < 1.29 is 22.7 Å². The quantitative estimate of drug-likeness (QED) is 0.718. The molecule has 1 unspecified atom stereocenters. The highest BCUT2D eigenvalue weighted by Gasteiger charge is 2.29. The molecule has 1 saturated heterocycles. The Morgan fingerprint density at radius 1 is 1.22 bits per heavy atom. The number of thiophene rings is 1. The summed E-state index contributed by atoms with van der Waals surface area (Å²) in [4.78, 5) is 15.9. The van der Waals surface area contributed by atoms with Crippen LogP contribution in [0.2, 0.25) is 0 Å². The lowest BCUT2D eigenvalue weighted by atomic mass is 10.1. The summed E-state index contributed by atoms with van der Waals surface area (Å²) in [7, 11) is 0. The lowest BCUT2D eigenvalue weighted by Gasteiger charge is -2.34. The fraction of sp³-hybridized carbons (Fsp3) is 0.389. The lowest BCUT2D eigenvalue weighted by molar-refractivity contribution is -0.0328. The number of morpholine rings is 1. The molecule has 2 heterocycles. The van der Waals surface area contributed by atoms with E-state index in [1.807, 2.05) is 17.5 Å². The third-order valence-corrected chi connectivity index (χ3v) is 5.88. The summed E-state index contributed by atoms with van der Waals surface area (Å²) in [5, 5.41) is 4.91. The van der Waals surface area contributed by atoms with Crippen LogP contribution in [0.15, 0.2) is 46.7 Å². The van der Waals surface area contributed by atoms with Crippen LogP contribution in [0.3, 0.4) is 0 Å². The molecule has 1 aliphatic heterocycles. The number of amides is 1. The van der Waals surface area contributed by atoms with Crippen molar-refractivity contribution >= 4 is 29.0 Å². The first-order valence-electron chi connectivity index (χ1n) is 8.41. The Labute approximate surface area is 163 Å². The molecule has 0 bridgehead atoms. The number of carbonyl (C=O) groups excluding carboxylic acids is 1. The van der Waals surface area contributed by atoms with E-state index < -0.39 is 5.51 Å². The van der Waals surface area contributed by atoms with Gasteiger partial charge in [0.15, 0.2) is 0 Å². The van der Waals surface area contributed by atoms with Crippen LogP contribution >= 0.6 is 23.1 Å². The van der Waals surface area contributed by atoms with E-state index >= 15 is 0 Å². The summed E-state index contributed by atoms with van der Waals surface area (Å²) in [6.45, 7) is 3.34. The number of carbonyl (C=O) groups is 1. The van der Waals surface area contributed by atoms with E-state index in [1.54, 1.807) is 11.3 Å². The molecule has 1 aliphatic rings. The second-order valence-corrected chi connectivity index (χ2v) is 8.08. The number of alkyl halides is 3. The van der Waals surface area contributed by atoms with Gasteiger partial charge in [-0.05, 0) is 47.5 Å². The fourth-order valence-corrected chi connectivity index (χ4v) is 4.28. The maximum Gasteiger partial charge on any atom is 0.446 e. The van der Waals surface area contributed by atoms with Gasteiger partial charge in [-0.2, -0.15) is 13.2 Å². The second-order valence-electron chi connectivity index (χ2n) is 5.96. The number of hydrogen-bond acceptors (Lipinski definition) is 5. The first-order valence-corrected chi connectivity index (χ1v) is 10.1. The molecule has 9 heteroatoms. The molecule has 4 nitrogen and oxygen atoms in total. The molecule has 3 rings (SSSR count). The Bertz CT molecular complexity index is 730. The SMILES string of the molecule is O=C(NCC(c1cccs1)N1CCOCC1)c1ccc(SC(F)(F)F)cc1. The third kappa shape index (κ3) is 5.97. The van der Waals surface area contributed by atoms with Crippen LogP contribution < -0.4 is 5.32 Å². The minimum Gasteiger partial charge on any atom is -0.379 e. The molecule has 2 aromatic rings. The average molecular weight is 416 g/mol. The number of nitrogens with one attached hydrogen (secondary N) is 1. The fourth-order valence-electron chi connectivity index (χ4n) is 2.88. The Morgan fingerprint density at radius 3 is 2.52 bits per heavy atom. The zero-order chi connectivity index (χ0) is 19.3. The lowest BCUT2D eigenvalue weighted by Crippen LogP contribution is -2.43. The Balaban J connectivity index is 1.62. The van der Waals surface area contributed by atoms with E-state index in [1.165, 1.54) is 24.3 Å².